The minimum absolute atomic E-state index is 0.109. The van der Waals surface area contributed by atoms with Crippen molar-refractivity contribution in [3.63, 3.8) is 0 Å². The largest absolute Gasteiger partial charge is 0.126 e. The van der Waals surface area contributed by atoms with E-state index in [9.17, 15) is 0 Å². The molecule has 0 aromatic rings. The van der Waals surface area contributed by atoms with Gasteiger partial charge in [0.1, 0.15) is 0 Å². The predicted molar refractivity (Wildman–Crippen MR) is 55.6 cm³/mol. The van der Waals surface area contributed by atoms with Gasteiger partial charge in [0.25, 0.3) is 0 Å². The highest BCUT2D eigenvalue weighted by molar-refractivity contribution is 6.18. The van der Waals surface area contributed by atoms with Gasteiger partial charge >= 0.3 is 0 Å². The summed E-state index contributed by atoms with van der Waals surface area (Å²) in [6, 6.07) is 0. The third kappa shape index (κ3) is 2.38. The van der Waals surface area contributed by atoms with Crippen molar-refractivity contribution in [1.82, 2.24) is 0 Å². The molecule has 1 heteroatoms. The fourth-order valence-corrected chi connectivity index (χ4v) is 1.79. The molecule has 0 heterocycles. The van der Waals surface area contributed by atoms with Crippen LogP contribution in [0.3, 0.4) is 0 Å². The van der Waals surface area contributed by atoms with E-state index in [1.165, 1.54) is 19.3 Å². The summed E-state index contributed by atoms with van der Waals surface area (Å²) in [5, 5.41) is 0. The fourth-order valence-electron chi connectivity index (χ4n) is 1.59. The second-order valence-corrected chi connectivity index (χ2v) is 4.19. The molecule has 1 aliphatic carbocycles. The average Bonchev–Trinajstić information content (AvgIpc) is 2.57. The highest BCUT2D eigenvalue weighted by atomic mass is 35.5. The first-order valence-corrected chi connectivity index (χ1v) is 5.11. The molecule has 0 saturated heterocycles. The zero-order valence-electron chi connectivity index (χ0n) is 7.78. The van der Waals surface area contributed by atoms with E-state index in [0.29, 0.717) is 5.88 Å². The summed E-state index contributed by atoms with van der Waals surface area (Å²) in [4.78, 5) is 0. The van der Waals surface area contributed by atoms with Gasteiger partial charge in [-0.25, -0.2) is 0 Å². The minimum atomic E-state index is 0.109. The Morgan fingerprint density at radius 3 is 2.92 bits per heavy atom. The zero-order valence-corrected chi connectivity index (χ0v) is 8.53. The van der Waals surface area contributed by atoms with Gasteiger partial charge in [0, 0.05) is 11.3 Å². The molecule has 1 unspecified atom stereocenters. The molecule has 0 fully saturated rings. The molecule has 0 nitrogen and oxygen atoms in total. The Morgan fingerprint density at radius 2 is 2.50 bits per heavy atom. The Bertz CT molecular complexity index is 193. The number of hydrogen-bond acceptors (Lipinski definition) is 0. The monoisotopic (exact) mass is 184 g/mol. The third-order valence-electron chi connectivity index (χ3n) is 2.56. The molecule has 0 spiro atoms. The average molecular weight is 185 g/mol. The smallest absolute Gasteiger partial charge is 0.0314 e. The molecule has 0 radical (unpaired) electrons. The van der Waals surface area contributed by atoms with Crippen molar-refractivity contribution in [2.45, 2.75) is 32.6 Å². The van der Waals surface area contributed by atoms with E-state index in [-0.39, 0.29) is 5.41 Å². The summed E-state index contributed by atoms with van der Waals surface area (Å²) in [5.74, 6) is 0.674. The molecule has 1 rings (SSSR count). The Morgan fingerprint density at radius 1 is 1.75 bits per heavy atom. The van der Waals surface area contributed by atoms with Gasteiger partial charge in [0.15, 0.2) is 0 Å². The third-order valence-corrected chi connectivity index (χ3v) is 3.17. The first kappa shape index (κ1) is 9.85. The van der Waals surface area contributed by atoms with Crippen LogP contribution < -0.4 is 0 Å². The minimum Gasteiger partial charge on any atom is -0.126 e. The van der Waals surface area contributed by atoms with Crippen molar-refractivity contribution in [3.05, 3.63) is 24.3 Å². The molecule has 68 valence electrons. The van der Waals surface area contributed by atoms with Crippen LogP contribution in [0.4, 0.5) is 0 Å². The molecule has 0 N–H and O–H groups in total. The Hall–Kier alpha value is -0.230. The standard InChI is InChI=1S/C11H17Cl/c1-3-11(2,9-12)8-10-6-4-5-7-10/h3,6H,1,4-5,7-9H2,2H3. The summed E-state index contributed by atoms with van der Waals surface area (Å²) in [5.41, 5.74) is 1.68. The number of rotatable bonds is 4. The van der Waals surface area contributed by atoms with E-state index in [0.717, 1.165) is 6.42 Å². The van der Waals surface area contributed by atoms with Crippen molar-refractivity contribution in [1.29, 1.82) is 0 Å². The van der Waals surface area contributed by atoms with E-state index in [1.54, 1.807) is 5.57 Å². The van der Waals surface area contributed by atoms with Crippen LogP contribution in [-0.4, -0.2) is 5.88 Å². The van der Waals surface area contributed by atoms with Crippen molar-refractivity contribution >= 4 is 11.6 Å². The van der Waals surface area contributed by atoms with E-state index < -0.39 is 0 Å². The van der Waals surface area contributed by atoms with Crippen LogP contribution in [0.15, 0.2) is 24.3 Å². The van der Waals surface area contributed by atoms with Crippen LogP contribution in [-0.2, 0) is 0 Å². The first-order valence-electron chi connectivity index (χ1n) is 4.58. The molecule has 0 amide bonds. The summed E-state index contributed by atoms with van der Waals surface area (Å²) >= 11 is 5.89. The predicted octanol–water partition coefficient (Wildman–Crippen LogP) is 3.92. The number of halogens is 1. The van der Waals surface area contributed by atoms with Crippen LogP contribution in [0.5, 0.6) is 0 Å². The summed E-state index contributed by atoms with van der Waals surface area (Å²) in [6.07, 6.45) is 9.28. The van der Waals surface area contributed by atoms with Gasteiger partial charge in [0.2, 0.25) is 0 Å². The van der Waals surface area contributed by atoms with Crippen molar-refractivity contribution in [2.24, 2.45) is 5.41 Å². The van der Waals surface area contributed by atoms with Crippen LogP contribution in [0.1, 0.15) is 32.6 Å². The number of allylic oxidation sites excluding steroid dienone is 3. The number of alkyl halides is 1. The van der Waals surface area contributed by atoms with Crippen molar-refractivity contribution in [3.8, 4) is 0 Å². The molecule has 0 saturated carbocycles. The zero-order chi connectivity index (χ0) is 9.03. The van der Waals surface area contributed by atoms with Crippen LogP contribution >= 0.6 is 11.6 Å². The lowest BCUT2D eigenvalue weighted by Gasteiger charge is -2.23. The normalized spacial score (nSPS) is 21.7. The Kier molecular flexibility index (Phi) is 3.39. The van der Waals surface area contributed by atoms with Crippen LogP contribution in [0, 0.1) is 5.41 Å². The topological polar surface area (TPSA) is 0 Å². The van der Waals surface area contributed by atoms with Crippen LogP contribution in [0.25, 0.3) is 0 Å². The van der Waals surface area contributed by atoms with Crippen molar-refractivity contribution < 1.29 is 0 Å². The summed E-state index contributed by atoms with van der Waals surface area (Å²) in [7, 11) is 0. The molecule has 0 aromatic heterocycles. The van der Waals surface area contributed by atoms with E-state index in [2.05, 4.69) is 19.6 Å². The van der Waals surface area contributed by atoms with Crippen LogP contribution in [0.2, 0.25) is 0 Å². The quantitative estimate of drug-likeness (QED) is 0.459. The lowest BCUT2D eigenvalue weighted by atomic mass is 9.85. The maximum absolute atomic E-state index is 5.89. The molecule has 1 atom stereocenters. The second kappa shape index (κ2) is 4.13. The molecular formula is C11H17Cl. The van der Waals surface area contributed by atoms with E-state index in [1.807, 2.05) is 6.08 Å². The Balaban J connectivity index is 2.52. The summed E-state index contributed by atoms with van der Waals surface area (Å²) < 4.78 is 0. The molecule has 1 aliphatic rings. The lowest BCUT2D eigenvalue weighted by Crippen LogP contribution is -2.15. The van der Waals surface area contributed by atoms with Gasteiger partial charge in [-0.3, -0.25) is 0 Å². The SMILES string of the molecule is C=CC(C)(CCl)CC1=CCCC1. The molecular weight excluding hydrogens is 168 g/mol. The van der Waals surface area contributed by atoms with Gasteiger partial charge in [-0.2, -0.15) is 0 Å². The molecule has 12 heavy (non-hydrogen) atoms. The fraction of sp³-hybridized carbons (Fsp3) is 0.636. The molecule has 0 bridgehead atoms. The number of hydrogen-bond donors (Lipinski definition) is 0. The van der Waals surface area contributed by atoms with E-state index >= 15 is 0 Å². The Labute approximate surface area is 80.3 Å². The van der Waals surface area contributed by atoms with E-state index in [4.69, 9.17) is 11.6 Å². The van der Waals surface area contributed by atoms with Crippen molar-refractivity contribution in [2.75, 3.05) is 5.88 Å². The van der Waals surface area contributed by atoms with Gasteiger partial charge in [-0.05, 0) is 25.7 Å². The van der Waals surface area contributed by atoms with Gasteiger partial charge < -0.3 is 0 Å². The highest BCUT2D eigenvalue weighted by Crippen LogP contribution is 2.33. The van der Waals surface area contributed by atoms with Gasteiger partial charge in [-0.15, -0.1) is 18.2 Å². The molecule has 0 aliphatic heterocycles. The first-order chi connectivity index (χ1) is 5.70. The van der Waals surface area contributed by atoms with Gasteiger partial charge in [-0.1, -0.05) is 24.6 Å². The second-order valence-electron chi connectivity index (χ2n) is 3.92. The maximum Gasteiger partial charge on any atom is 0.0314 e. The maximum atomic E-state index is 5.89. The molecule has 0 aromatic carbocycles. The van der Waals surface area contributed by atoms with Gasteiger partial charge in [0.05, 0.1) is 0 Å². The lowest BCUT2D eigenvalue weighted by molar-refractivity contribution is 0.478. The summed E-state index contributed by atoms with van der Waals surface area (Å²) in [6.45, 7) is 6.01. The highest BCUT2D eigenvalue weighted by Gasteiger charge is 2.21.